The van der Waals surface area contributed by atoms with Crippen molar-refractivity contribution in [3.05, 3.63) is 0 Å². The van der Waals surface area contributed by atoms with Crippen molar-refractivity contribution in [3.63, 3.8) is 0 Å². The first-order valence-electron chi connectivity index (χ1n) is 1.00. The predicted octanol–water partition coefficient (Wildman–Crippen LogP) is -3.10. The van der Waals surface area contributed by atoms with Gasteiger partial charge in [-0.25, -0.2) is 0 Å². The Bertz CT molecular complexity index is 23.6. The fourth-order valence-corrected chi connectivity index (χ4v) is 0.0340. The Morgan fingerprint density at radius 1 is 0.750 bits per heavy atom. The molecule has 8 heavy (non-hydrogen) atoms. The first kappa shape index (κ1) is 11.7. The van der Waals surface area contributed by atoms with Gasteiger partial charge in [-0.2, -0.15) is 0 Å². The molecule has 0 bridgehead atoms. The Morgan fingerprint density at radius 3 is 1.38 bits per heavy atom. The summed E-state index contributed by atoms with van der Waals surface area (Å²) in [6.07, 6.45) is 0. The van der Waals surface area contributed by atoms with Gasteiger partial charge in [-0.15, -0.1) is 0 Å². The van der Waals surface area contributed by atoms with E-state index in [0.29, 0.717) is 0 Å². The van der Waals surface area contributed by atoms with Gasteiger partial charge >= 0.3 is 37.7 Å². The minimum absolute atomic E-state index is 0. The van der Waals surface area contributed by atoms with Gasteiger partial charge in [0.2, 0.25) is 0 Å². The van der Waals surface area contributed by atoms with Crippen LogP contribution in [0, 0.1) is 0 Å². The van der Waals surface area contributed by atoms with Gasteiger partial charge in [0.15, 0.2) is 0 Å². The van der Waals surface area contributed by atoms with Crippen LogP contribution >= 0.6 is 0 Å². The summed E-state index contributed by atoms with van der Waals surface area (Å²) >= 11 is 0. The standard InChI is InChI=1S/Ca.H2O7/c;1-3-5-7-6-4-2/h;1-2H/q+2;/p-2. The first-order valence-corrected chi connectivity index (χ1v) is 1.00. The molecule has 0 aliphatic heterocycles. The minimum atomic E-state index is 0. The molecule has 8 heteroatoms. The number of hydrogen-bond acceptors (Lipinski definition) is 7. The molecule has 44 valence electrons. The third kappa shape index (κ3) is 10.1. The predicted molar refractivity (Wildman–Crippen MR) is 11.2 cm³/mol. The van der Waals surface area contributed by atoms with Crippen molar-refractivity contribution in [2.75, 3.05) is 0 Å². The zero-order valence-electron chi connectivity index (χ0n) is 3.56. The van der Waals surface area contributed by atoms with Crippen molar-refractivity contribution < 1.29 is 35.7 Å². The summed E-state index contributed by atoms with van der Waals surface area (Å²) < 4.78 is 0. The molecule has 0 saturated heterocycles. The molecule has 0 aromatic rings. The molecule has 0 N–H and O–H groups in total. The fraction of sp³-hybridized carbons (Fsp3) is 0. The molecule has 0 aromatic heterocycles. The van der Waals surface area contributed by atoms with E-state index in [2.05, 4.69) is 25.2 Å². The van der Waals surface area contributed by atoms with Gasteiger partial charge < -0.3 is 10.5 Å². The van der Waals surface area contributed by atoms with Gasteiger partial charge in [-0.3, -0.25) is 10.1 Å². The molecule has 0 amide bonds. The Balaban J connectivity index is 0. The molecule has 0 aliphatic rings. The topological polar surface area (TPSA) is 92.3 Å². The average molecular weight is 152 g/mol. The van der Waals surface area contributed by atoms with Gasteiger partial charge in [0.1, 0.15) is 0 Å². The van der Waals surface area contributed by atoms with Crippen molar-refractivity contribution in [1.29, 1.82) is 0 Å². The van der Waals surface area contributed by atoms with E-state index in [9.17, 15) is 0 Å². The third-order valence-corrected chi connectivity index (χ3v) is 0.111. The van der Waals surface area contributed by atoms with Gasteiger partial charge in [-0.05, 0) is 15.1 Å². The van der Waals surface area contributed by atoms with E-state index in [1.807, 2.05) is 0 Å². The van der Waals surface area contributed by atoms with E-state index in [4.69, 9.17) is 10.5 Å². The summed E-state index contributed by atoms with van der Waals surface area (Å²) in [6, 6.07) is 0. The van der Waals surface area contributed by atoms with Crippen molar-refractivity contribution in [1.82, 2.24) is 0 Å². The maximum atomic E-state index is 8.72. The SMILES string of the molecule is [Ca+2].[O-]OOOOO[O-]. The van der Waals surface area contributed by atoms with E-state index in [0.717, 1.165) is 0 Å². The molecule has 0 rings (SSSR count). The van der Waals surface area contributed by atoms with Crippen molar-refractivity contribution in [3.8, 4) is 0 Å². The van der Waals surface area contributed by atoms with Gasteiger partial charge in [0, 0.05) is 0 Å². The second kappa shape index (κ2) is 10.9. The van der Waals surface area contributed by atoms with Gasteiger partial charge in [0.05, 0.1) is 0 Å². The first-order chi connectivity index (χ1) is 3.41. The van der Waals surface area contributed by atoms with Crippen molar-refractivity contribution in [2.24, 2.45) is 0 Å². The van der Waals surface area contributed by atoms with E-state index < -0.39 is 0 Å². The zero-order valence-corrected chi connectivity index (χ0v) is 5.77. The normalized spacial score (nSPS) is 8.25. The molecular formula is CaO7. The monoisotopic (exact) mass is 152 g/mol. The number of hydrogen-bond donors (Lipinski definition) is 0. The van der Waals surface area contributed by atoms with Gasteiger partial charge in [0.25, 0.3) is 0 Å². The van der Waals surface area contributed by atoms with Crippen LogP contribution in [0.2, 0.25) is 0 Å². The molecule has 7 nitrogen and oxygen atoms in total. The van der Waals surface area contributed by atoms with E-state index >= 15 is 0 Å². The third-order valence-electron chi connectivity index (χ3n) is 0.111. The maximum absolute atomic E-state index is 8.72. The van der Waals surface area contributed by atoms with Crippen LogP contribution in [-0.2, 0) is 25.2 Å². The van der Waals surface area contributed by atoms with Crippen LogP contribution in [0.25, 0.3) is 0 Å². The van der Waals surface area contributed by atoms with Crippen LogP contribution in [0.3, 0.4) is 0 Å². The Kier molecular flexibility index (Phi) is 16.0. The fourth-order valence-electron chi connectivity index (χ4n) is 0.0340. The summed E-state index contributed by atoms with van der Waals surface area (Å²) in [4.78, 5) is 0. The molecule has 0 radical (unpaired) electrons. The largest absolute Gasteiger partial charge is 2.00 e. The van der Waals surface area contributed by atoms with Crippen molar-refractivity contribution >= 4 is 37.7 Å². The maximum Gasteiger partial charge on any atom is 2.00 e. The summed E-state index contributed by atoms with van der Waals surface area (Å²) in [5, 5.41) is 31.5. The zero-order chi connectivity index (χ0) is 5.54. The second-order valence-corrected chi connectivity index (χ2v) is 0.340. The van der Waals surface area contributed by atoms with Crippen LogP contribution in [0.5, 0.6) is 0 Å². The van der Waals surface area contributed by atoms with Crippen LogP contribution in [0.1, 0.15) is 0 Å². The summed E-state index contributed by atoms with van der Waals surface area (Å²) in [5.41, 5.74) is 0. The molecule has 0 atom stereocenters. The Labute approximate surface area is 73.2 Å². The quantitative estimate of drug-likeness (QED) is 0.182. The molecule has 0 fully saturated rings. The van der Waals surface area contributed by atoms with Crippen LogP contribution in [0.15, 0.2) is 0 Å². The second-order valence-electron chi connectivity index (χ2n) is 0.340. The summed E-state index contributed by atoms with van der Waals surface area (Å²) in [7, 11) is 0. The van der Waals surface area contributed by atoms with E-state index in [1.54, 1.807) is 0 Å². The minimum Gasteiger partial charge on any atom is -0.689 e. The Hall–Kier alpha value is 0.980. The molecule has 0 spiro atoms. The Morgan fingerprint density at radius 2 is 1.12 bits per heavy atom. The molecule has 0 aromatic carbocycles. The number of rotatable bonds is 4. The van der Waals surface area contributed by atoms with Crippen LogP contribution in [0.4, 0.5) is 0 Å². The summed E-state index contributed by atoms with van der Waals surface area (Å²) in [6.45, 7) is 0. The van der Waals surface area contributed by atoms with Gasteiger partial charge in [-0.1, -0.05) is 0 Å². The average Bonchev–Trinajstić information content (AvgIpc) is 1.69. The molecular weight excluding hydrogens is 152 g/mol. The van der Waals surface area contributed by atoms with Crippen LogP contribution < -0.4 is 10.5 Å². The molecule has 0 unspecified atom stereocenters. The molecule has 0 aliphatic carbocycles. The van der Waals surface area contributed by atoms with E-state index in [-0.39, 0.29) is 37.7 Å². The van der Waals surface area contributed by atoms with Crippen LogP contribution in [-0.4, -0.2) is 37.7 Å². The summed E-state index contributed by atoms with van der Waals surface area (Å²) in [5.74, 6) is 0. The smallest absolute Gasteiger partial charge is 0.689 e. The van der Waals surface area contributed by atoms with E-state index in [1.165, 1.54) is 0 Å². The van der Waals surface area contributed by atoms with Crippen molar-refractivity contribution in [2.45, 2.75) is 0 Å². The molecule has 0 heterocycles. The molecule has 0 saturated carbocycles.